The second-order valence-electron chi connectivity index (χ2n) is 4.13. The maximum atomic E-state index is 11.5. The first-order valence-corrected chi connectivity index (χ1v) is 6.70. The molecule has 2 rings (SSSR count). The number of nitrogens with one attached hydrogen (secondary N) is 1. The molecule has 1 aromatic carbocycles. The molecular formula is C15H14ClN3O2. The van der Waals surface area contributed by atoms with Gasteiger partial charge in [-0.3, -0.25) is 0 Å². The van der Waals surface area contributed by atoms with Crippen molar-refractivity contribution in [3.05, 3.63) is 65.2 Å². The van der Waals surface area contributed by atoms with Gasteiger partial charge in [0, 0.05) is 24.5 Å². The molecule has 5 nitrogen and oxygen atoms in total. The normalized spacial score (nSPS) is 10.5. The van der Waals surface area contributed by atoms with E-state index >= 15 is 0 Å². The van der Waals surface area contributed by atoms with Gasteiger partial charge in [0.05, 0.1) is 0 Å². The highest BCUT2D eigenvalue weighted by Gasteiger charge is 2.00. The summed E-state index contributed by atoms with van der Waals surface area (Å²) in [6.07, 6.45) is 6.29. The Morgan fingerprint density at radius 2 is 1.95 bits per heavy atom. The SMILES string of the molecule is O=C(NCC=Cc1cnc(Cl)nc1)OCc1ccccc1. The molecule has 1 aromatic heterocycles. The molecular weight excluding hydrogens is 290 g/mol. The zero-order valence-electron chi connectivity index (χ0n) is 11.2. The predicted molar refractivity (Wildman–Crippen MR) is 80.7 cm³/mol. The van der Waals surface area contributed by atoms with Crippen LogP contribution in [0.4, 0.5) is 4.79 Å². The zero-order chi connectivity index (χ0) is 14.9. The van der Waals surface area contributed by atoms with Gasteiger partial charge in [-0.15, -0.1) is 0 Å². The number of benzene rings is 1. The molecule has 21 heavy (non-hydrogen) atoms. The Bertz CT molecular complexity index is 600. The summed E-state index contributed by atoms with van der Waals surface area (Å²) in [6.45, 7) is 0.609. The second-order valence-corrected chi connectivity index (χ2v) is 4.47. The number of carbonyl (C=O) groups excluding carboxylic acids is 1. The van der Waals surface area contributed by atoms with Crippen LogP contribution in [0.3, 0.4) is 0 Å². The third-order valence-electron chi connectivity index (χ3n) is 2.53. The lowest BCUT2D eigenvalue weighted by Crippen LogP contribution is -2.24. The fraction of sp³-hybridized carbons (Fsp3) is 0.133. The Kier molecular flexibility index (Phi) is 5.72. The van der Waals surface area contributed by atoms with Gasteiger partial charge in [0.2, 0.25) is 5.28 Å². The number of hydrogen-bond acceptors (Lipinski definition) is 4. The van der Waals surface area contributed by atoms with Crippen molar-refractivity contribution in [2.45, 2.75) is 6.61 Å². The number of rotatable bonds is 5. The summed E-state index contributed by atoms with van der Waals surface area (Å²) in [5, 5.41) is 2.82. The third-order valence-corrected chi connectivity index (χ3v) is 2.72. The minimum Gasteiger partial charge on any atom is -0.445 e. The number of hydrogen-bond donors (Lipinski definition) is 1. The number of amides is 1. The van der Waals surface area contributed by atoms with Crippen LogP contribution >= 0.6 is 11.6 Å². The predicted octanol–water partition coefficient (Wildman–Crippen LogP) is 3.07. The molecule has 0 aliphatic rings. The summed E-state index contributed by atoms with van der Waals surface area (Å²) in [5.41, 5.74) is 1.75. The highest BCUT2D eigenvalue weighted by molar-refractivity contribution is 6.28. The lowest BCUT2D eigenvalue weighted by atomic mass is 10.2. The van der Waals surface area contributed by atoms with Gasteiger partial charge >= 0.3 is 6.09 Å². The van der Waals surface area contributed by atoms with E-state index in [1.807, 2.05) is 30.3 Å². The summed E-state index contributed by atoms with van der Waals surface area (Å²) in [7, 11) is 0. The molecule has 0 aliphatic heterocycles. The molecule has 6 heteroatoms. The topological polar surface area (TPSA) is 64.1 Å². The largest absolute Gasteiger partial charge is 0.445 e. The quantitative estimate of drug-likeness (QED) is 0.862. The van der Waals surface area contributed by atoms with Gasteiger partial charge in [0.15, 0.2) is 0 Å². The van der Waals surface area contributed by atoms with Gasteiger partial charge in [0.25, 0.3) is 0 Å². The van der Waals surface area contributed by atoms with Crippen molar-refractivity contribution in [3.8, 4) is 0 Å². The average molecular weight is 304 g/mol. The van der Waals surface area contributed by atoms with Crippen LogP contribution in [0, 0.1) is 0 Å². The van der Waals surface area contributed by atoms with Crippen molar-refractivity contribution in [1.82, 2.24) is 15.3 Å². The minimum atomic E-state index is -0.462. The molecule has 0 saturated carbocycles. The summed E-state index contributed by atoms with van der Waals surface area (Å²) in [6, 6.07) is 9.50. The van der Waals surface area contributed by atoms with E-state index in [1.54, 1.807) is 24.5 Å². The molecule has 1 N–H and O–H groups in total. The fourth-order valence-electron chi connectivity index (χ4n) is 1.52. The molecule has 0 spiro atoms. The van der Waals surface area contributed by atoms with Crippen molar-refractivity contribution >= 4 is 23.8 Å². The van der Waals surface area contributed by atoms with E-state index in [4.69, 9.17) is 16.3 Å². The molecule has 0 bridgehead atoms. The standard InChI is InChI=1S/C15H14ClN3O2/c16-14-18-9-13(10-19-14)7-4-8-17-15(20)21-11-12-5-2-1-3-6-12/h1-7,9-10H,8,11H2,(H,17,20). The Morgan fingerprint density at radius 3 is 2.67 bits per heavy atom. The van der Waals surface area contributed by atoms with Gasteiger partial charge in [-0.1, -0.05) is 42.5 Å². The van der Waals surface area contributed by atoms with Gasteiger partial charge in [-0.05, 0) is 17.2 Å². The van der Waals surface area contributed by atoms with Crippen LogP contribution in [0.1, 0.15) is 11.1 Å². The van der Waals surface area contributed by atoms with Crippen molar-refractivity contribution in [2.24, 2.45) is 0 Å². The third kappa shape index (κ3) is 5.62. The first-order valence-electron chi connectivity index (χ1n) is 6.32. The average Bonchev–Trinajstić information content (AvgIpc) is 2.52. The van der Waals surface area contributed by atoms with Crippen molar-refractivity contribution in [2.75, 3.05) is 6.54 Å². The molecule has 1 amide bonds. The highest BCUT2D eigenvalue weighted by atomic mass is 35.5. The minimum absolute atomic E-state index is 0.203. The van der Waals surface area contributed by atoms with Crippen LogP contribution in [0.25, 0.3) is 6.08 Å². The number of halogens is 1. The molecule has 0 saturated heterocycles. The lowest BCUT2D eigenvalue weighted by Gasteiger charge is -2.05. The molecule has 1 heterocycles. The Labute approximate surface area is 127 Å². The fourth-order valence-corrected chi connectivity index (χ4v) is 1.62. The van der Waals surface area contributed by atoms with Crippen molar-refractivity contribution in [3.63, 3.8) is 0 Å². The molecule has 108 valence electrons. The molecule has 2 aromatic rings. The van der Waals surface area contributed by atoms with Crippen LogP contribution < -0.4 is 5.32 Å². The number of aromatic nitrogens is 2. The van der Waals surface area contributed by atoms with Crippen molar-refractivity contribution in [1.29, 1.82) is 0 Å². The smallest absolute Gasteiger partial charge is 0.407 e. The highest BCUT2D eigenvalue weighted by Crippen LogP contribution is 2.02. The zero-order valence-corrected chi connectivity index (χ0v) is 12.0. The van der Waals surface area contributed by atoms with Crippen LogP contribution in [0.2, 0.25) is 5.28 Å². The summed E-state index contributed by atoms with van der Waals surface area (Å²) in [4.78, 5) is 19.2. The van der Waals surface area contributed by atoms with Crippen LogP contribution in [-0.4, -0.2) is 22.6 Å². The molecule has 0 radical (unpaired) electrons. The second kappa shape index (κ2) is 8.01. The first-order chi connectivity index (χ1) is 10.2. The van der Waals surface area contributed by atoms with Crippen LogP contribution in [-0.2, 0) is 11.3 Å². The van der Waals surface area contributed by atoms with Gasteiger partial charge in [-0.25, -0.2) is 14.8 Å². The summed E-state index contributed by atoms with van der Waals surface area (Å²) >= 11 is 5.58. The maximum absolute atomic E-state index is 11.5. The van der Waals surface area contributed by atoms with Gasteiger partial charge in [-0.2, -0.15) is 0 Å². The van der Waals surface area contributed by atoms with E-state index in [-0.39, 0.29) is 11.9 Å². The van der Waals surface area contributed by atoms with Crippen molar-refractivity contribution < 1.29 is 9.53 Å². The monoisotopic (exact) mass is 303 g/mol. The number of carbonyl (C=O) groups is 1. The van der Waals surface area contributed by atoms with E-state index in [0.29, 0.717) is 6.54 Å². The van der Waals surface area contributed by atoms with E-state index in [2.05, 4.69) is 15.3 Å². The first kappa shape index (κ1) is 15.0. The summed E-state index contributed by atoms with van der Waals surface area (Å²) in [5.74, 6) is 0. The van der Waals surface area contributed by atoms with Gasteiger partial charge < -0.3 is 10.1 Å². The van der Waals surface area contributed by atoms with E-state index in [0.717, 1.165) is 11.1 Å². The Balaban J connectivity index is 1.68. The maximum Gasteiger partial charge on any atom is 0.407 e. The molecule has 0 fully saturated rings. The number of alkyl carbamates (subject to hydrolysis) is 1. The van der Waals surface area contributed by atoms with E-state index < -0.39 is 6.09 Å². The Hall–Kier alpha value is -2.40. The van der Waals surface area contributed by atoms with Gasteiger partial charge in [0.1, 0.15) is 6.61 Å². The summed E-state index contributed by atoms with van der Waals surface area (Å²) < 4.78 is 5.07. The number of ether oxygens (including phenoxy) is 1. The van der Waals surface area contributed by atoms with Crippen LogP contribution in [0.5, 0.6) is 0 Å². The molecule has 0 unspecified atom stereocenters. The molecule has 0 aliphatic carbocycles. The number of nitrogens with zero attached hydrogens (tertiary/aromatic N) is 2. The molecule has 0 atom stereocenters. The van der Waals surface area contributed by atoms with Crippen LogP contribution in [0.15, 0.2) is 48.8 Å². The lowest BCUT2D eigenvalue weighted by molar-refractivity contribution is 0.141. The Morgan fingerprint density at radius 1 is 1.24 bits per heavy atom. The van der Waals surface area contributed by atoms with E-state index in [9.17, 15) is 4.79 Å². The van der Waals surface area contributed by atoms with E-state index in [1.165, 1.54) is 0 Å².